The van der Waals surface area contributed by atoms with E-state index in [9.17, 15) is 18.0 Å². The van der Waals surface area contributed by atoms with E-state index < -0.39 is 11.7 Å². The second kappa shape index (κ2) is 6.05. The number of nitrogens with zero attached hydrogens (tertiary/aromatic N) is 1. The van der Waals surface area contributed by atoms with E-state index in [1.54, 1.807) is 0 Å². The molecule has 0 aromatic heterocycles. The smallest absolute Gasteiger partial charge is 0.348 e. The Morgan fingerprint density at radius 1 is 1.29 bits per heavy atom. The Kier molecular flexibility index (Phi) is 4.56. The van der Waals surface area contributed by atoms with Crippen molar-refractivity contribution in [2.75, 3.05) is 13.1 Å². The number of halogens is 3. The summed E-state index contributed by atoms with van der Waals surface area (Å²) >= 11 is 0. The number of likely N-dealkylation sites (tertiary alicyclic amines) is 1. The van der Waals surface area contributed by atoms with Crippen molar-refractivity contribution in [3.05, 3.63) is 35.4 Å². The zero-order chi connectivity index (χ0) is 15.6. The quantitative estimate of drug-likeness (QED) is 0.931. The molecule has 1 N–H and O–H groups in total. The van der Waals surface area contributed by atoms with Crippen LogP contribution in [0.15, 0.2) is 24.3 Å². The van der Waals surface area contributed by atoms with E-state index in [4.69, 9.17) is 0 Å². The molecule has 0 radical (unpaired) electrons. The first kappa shape index (κ1) is 15.8. The Hall–Kier alpha value is -1.56. The van der Waals surface area contributed by atoms with Gasteiger partial charge in [-0.3, -0.25) is 9.69 Å². The average Bonchev–Trinajstić information content (AvgIpc) is 2.86. The highest BCUT2D eigenvalue weighted by molar-refractivity contribution is 5.94. The molecule has 1 aromatic carbocycles. The third-order valence-electron chi connectivity index (χ3n) is 3.76. The molecule has 1 heterocycles. The van der Waals surface area contributed by atoms with Crippen LogP contribution in [0.1, 0.15) is 36.2 Å². The van der Waals surface area contributed by atoms with Gasteiger partial charge in [0, 0.05) is 30.7 Å². The predicted molar refractivity (Wildman–Crippen MR) is 74.0 cm³/mol. The lowest BCUT2D eigenvalue weighted by Crippen LogP contribution is -2.38. The lowest BCUT2D eigenvalue weighted by Gasteiger charge is -2.20. The second-order valence-corrected chi connectivity index (χ2v) is 5.62. The number of hydrogen-bond donors (Lipinski definition) is 1. The average molecular weight is 300 g/mol. The van der Waals surface area contributed by atoms with Crippen molar-refractivity contribution < 1.29 is 18.0 Å². The Labute approximate surface area is 122 Å². The Balaban J connectivity index is 1.95. The van der Waals surface area contributed by atoms with E-state index in [2.05, 4.69) is 24.1 Å². The maximum atomic E-state index is 12.5. The zero-order valence-electron chi connectivity index (χ0n) is 12.1. The molecular weight excluding hydrogens is 281 g/mol. The van der Waals surface area contributed by atoms with Crippen LogP contribution in [0.25, 0.3) is 0 Å². The molecule has 0 bridgehead atoms. The predicted octanol–water partition coefficient (Wildman–Crippen LogP) is 2.92. The highest BCUT2D eigenvalue weighted by Crippen LogP contribution is 2.29. The molecule has 1 amide bonds. The van der Waals surface area contributed by atoms with Crippen LogP contribution in [0.3, 0.4) is 0 Å². The van der Waals surface area contributed by atoms with Crippen molar-refractivity contribution in [2.45, 2.75) is 38.5 Å². The minimum absolute atomic E-state index is 0.0576. The fourth-order valence-corrected chi connectivity index (χ4v) is 2.45. The van der Waals surface area contributed by atoms with Crippen LogP contribution in [-0.2, 0) is 6.18 Å². The van der Waals surface area contributed by atoms with Crippen molar-refractivity contribution in [1.29, 1.82) is 0 Å². The molecule has 1 aliphatic rings. The topological polar surface area (TPSA) is 32.3 Å². The monoisotopic (exact) mass is 300 g/mol. The lowest BCUT2D eigenvalue weighted by molar-refractivity contribution is -0.137. The van der Waals surface area contributed by atoms with Gasteiger partial charge in [-0.25, -0.2) is 0 Å². The molecule has 1 atom stereocenters. The summed E-state index contributed by atoms with van der Waals surface area (Å²) in [5.74, 6) is -0.320. The van der Waals surface area contributed by atoms with Gasteiger partial charge in [-0.05, 0) is 44.5 Å². The molecule has 2 rings (SSSR count). The fraction of sp³-hybridized carbons (Fsp3) is 0.533. The number of benzene rings is 1. The zero-order valence-corrected chi connectivity index (χ0v) is 12.1. The normalized spacial score (nSPS) is 20.0. The summed E-state index contributed by atoms with van der Waals surface area (Å²) in [6, 6.07) is 4.79. The van der Waals surface area contributed by atoms with Crippen LogP contribution in [-0.4, -0.2) is 36.0 Å². The molecule has 0 spiro atoms. The summed E-state index contributed by atoms with van der Waals surface area (Å²) in [6.45, 7) is 5.90. The van der Waals surface area contributed by atoms with Crippen molar-refractivity contribution in [3.8, 4) is 0 Å². The van der Waals surface area contributed by atoms with Crippen LogP contribution in [0.4, 0.5) is 13.2 Å². The Morgan fingerprint density at radius 2 is 1.90 bits per heavy atom. The first-order chi connectivity index (χ1) is 9.77. The van der Waals surface area contributed by atoms with Gasteiger partial charge in [-0.2, -0.15) is 13.2 Å². The summed E-state index contributed by atoms with van der Waals surface area (Å²) in [4.78, 5) is 14.3. The number of alkyl halides is 3. The van der Waals surface area contributed by atoms with E-state index >= 15 is 0 Å². The van der Waals surface area contributed by atoms with Crippen LogP contribution in [0, 0.1) is 0 Å². The number of hydrogen-bond acceptors (Lipinski definition) is 2. The molecule has 1 aromatic rings. The summed E-state index contributed by atoms with van der Waals surface area (Å²) < 4.78 is 37.4. The number of rotatable bonds is 3. The molecule has 21 heavy (non-hydrogen) atoms. The standard InChI is InChI=1S/C15H19F3N2O/c1-10(2)20-8-7-13(9-20)19-14(21)11-3-5-12(6-4-11)15(16,17)18/h3-6,10,13H,7-9H2,1-2H3,(H,19,21)/t13-/m1/s1. The number of amides is 1. The molecule has 0 unspecified atom stereocenters. The largest absolute Gasteiger partial charge is 0.416 e. The third kappa shape index (κ3) is 3.97. The maximum Gasteiger partial charge on any atom is 0.416 e. The molecule has 1 saturated heterocycles. The van der Waals surface area contributed by atoms with Gasteiger partial charge in [0.05, 0.1) is 5.56 Å². The van der Waals surface area contributed by atoms with Gasteiger partial charge in [0.25, 0.3) is 5.91 Å². The molecule has 116 valence electrons. The molecule has 0 saturated carbocycles. The highest BCUT2D eigenvalue weighted by atomic mass is 19.4. The van der Waals surface area contributed by atoms with Gasteiger partial charge >= 0.3 is 6.18 Å². The van der Waals surface area contributed by atoms with Crippen molar-refractivity contribution in [3.63, 3.8) is 0 Å². The van der Waals surface area contributed by atoms with E-state index in [0.717, 1.165) is 31.6 Å². The molecule has 1 fully saturated rings. The van der Waals surface area contributed by atoms with Crippen LogP contribution >= 0.6 is 0 Å². The van der Waals surface area contributed by atoms with Crippen LogP contribution in [0.5, 0.6) is 0 Å². The van der Waals surface area contributed by atoms with Crippen molar-refractivity contribution in [2.24, 2.45) is 0 Å². The summed E-state index contributed by atoms with van der Waals surface area (Å²) in [5, 5.41) is 2.88. The van der Waals surface area contributed by atoms with E-state index in [0.29, 0.717) is 6.04 Å². The molecule has 1 aliphatic heterocycles. The minimum Gasteiger partial charge on any atom is -0.348 e. The van der Waals surface area contributed by atoms with Gasteiger partial charge < -0.3 is 5.32 Å². The second-order valence-electron chi connectivity index (χ2n) is 5.62. The van der Waals surface area contributed by atoms with Crippen LogP contribution < -0.4 is 5.32 Å². The van der Waals surface area contributed by atoms with Gasteiger partial charge in [0.2, 0.25) is 0 Å². The summed E-state index contributed by atoms with van der Waals surface area (Å²) in [7, 11) is 0. The molecule has 6 heteroatoms. The molecule has 0 aliphatic carbocycles. The third-order valence-corrected chi connectivity index (χ3v) is 3.76. The highest BCUT2D eigenvalue weighted by Gasteiger charge is 2.30. The Morgan fingerprint density at radius 3 is 2.38 bits per heavy atom. The fourth-order valence-electron chi connectivity index (χ4n) is 2.45. The molecule has 3 nitrogen and oxygen atoms in total. The van der Waals surface area contributed by atoms with Crippen LogP contribution in [0.2, 0.25) is 0 Å². The number of nitrogens with one attached hydrogen (secondary N) is 1. The van der Waals surface area contributed by atoms with E-state index in [-0.39, 0.29) is 17.5 Å². The number of carbonyl (C=O) groups is 1. The number of carbonyl (C=O) groups excluding carboxylic acids is 1. The lowest BCUT2D eigenvalue weighted by atomic mass is 10.1. The Bertz CT molecular complexity index is 497. The van der Waals surface area contributed by atoms with Gasteiger partial charge in [0.15, 0.2) is 0 Å². The SMILES string of the molecule is CC(C)N1CC[C@@H](NC(=O)c2ccc(C(F)(F)F)cc2)C1. The first-order valence-corrected chi connectivity index (χ1v) is 6.99. The van der Waals surface area contributed by atoms with Gasteiger partial charge in [0.1, 0.15) is 0 Å². The first-order valence-electron chi connectivity index (χ1n) is 6.99. The van der Waals surface area contributed by atoms with E-state index in [1.807, 2.05) is 0 Å². The summed E-state index contributed by atoms with van der Waals surface area (Å²) in [6.07, 6.45) is -3.51. The van der Waals surface area contributed by atoms with Gasteiger partial charge in [-0.1, -0.05) is 0 Å². The van der Waals surface area contributed by atoms with Crippen molar-refractivity contribution >= 4 is 5.91 Å². The maximum absolute atomic E-state index is 12.5. The van der Waals surface area contributed by atoms with Gasteiger partial charge in [-0.15, -0.1) is 0 Å². The summed E-state index contributed by atoms with van der Waals surface area (Å²) in [5.41, 5.74) is -0.489. The van der Waals surface area contributed by atoms with E-state index in [1.165, 1.54) is 12.1 Å². The minimum atomic E-state index is -4.38. The van der Waals surface area contributed by atoms with Crippen molar-refractivity contribution in [1.82, 2.24) is 10.2 Å². The molecular formula is C15H19F3N2O.